The van der Waals surface area contributed by atoms with Crippen LogP contribution in [0.1, 0.15) is 74.3 Å². The van der Waals surface area contributed by atoms with Crippen LogP contribution >= 0.6 is 12.4 Å². The highest BCUT2D eigenvalue weighted by Gasteiger charge is 2.29. The number of aromatic nitrogens is 2. The lowest BCUT2D eigenvalue weighted by Gasteiger charge is -2.30. The first kappa shape index (κ1) is 24.3. The molecule has 0 saturated carbocycles. The third kappa shape index (κ3) is 5.59. The number of carbonyl (C=O) groups is 1. The zero-order chi connectivity index (χ0) is 21.2. The molecule has 1 saturated heterocycles. The van der Waals surface area contributed by atoms with Gasteiger partial charge in [0.15, 0.2) is 5.82 Å². The topological polar surface area (TPSA) is 83.3 Å². The highest BCUT2D eigenvalue weighted by molar-refractivity contribution is 5.94. The average molecular weight is 436 g/mol. The van der Waals surface area contributed by atoms with E-state index in [1.54, 1.807) is 0 Å². The minimum absolute atomic E-state index is 0. The van der Waals surface area contributed by atoms with Gasteiger partial charge in [0.1, 0.15) is 6.04 Å². The fraction of sp³-hybridized carbons (Fsp3) is 0.591. The van der Waals surface area contributed by atoms with Crippen molar-refractivity contribution in [1.29, 1.82) is 0 Å². The van der Waals surface area contributed by atoms with Crippen molar-refractivity contribution in [3.05, 3.63) is 47.1 Å². The predicted molar refractivity (Wildman–Crippen MR) is 120 cm³/mol. The van der Waals surface area contributed by atoms with Crippen molar-refractivity contribution in [3.8, 4) is 0 Å². The number of nitrogens with one attached hydrogen (secondary N) is 2. The molecule has 1 fully saturated rings. The van der Waals surface area contributed by atoms with Crippen LogP contribution in [-0.4, -0.2) is 47.6 Å². The Morgan fingerprint density at radius 1 is 1.27 bits per heavy atom. The van der Waals surface area contributed by atoms with Gasteiger partial charge in [0.25, 0.3) is 5.91 Å². The first-order chi connectivity index (χ1) is 13.7. The Morgan fingerprint density at radius 3 is 2.50 bits per heavy atom. The molecule has 2 aromatic rings. The monoisotopic (exact) mass is 435 g/mol. The maximum Gasteiger partial charge on any atom is 0.251 e. The molecular formula is C22H34ClN5O2. The summed E-state index contributed by atoms with van der Waals surface area (Å²) in [6, 6.07) is 7.50. The Morgan fingerprint density at radius 2 is 1.93 bits per heavy atom. The normalized spacial score (nSPS) is 18.7. The van der Waals surface area contributed by atoms with E-state index in [0.717, 1.165) is 19.6 Å². The van der Waals surface area contributed by atoms with Crippen LogP contribution < -0.4 is 10.6 Å². The van der Waals surface area contributed by atoms with Gasteiger partial charge in [-0.05, 0) is 36.1 Å². The van der Waals surface area contributed by atoms with Crippen molar-refractivity contribution in [1.82, 2.24) is 25.7 Å². The minimum atomic E-state index is -0.340. The van der Waals surface area contributed by atoms with E-state index in [0.29, 0.717) is 17.3 Å². The highest BCUT2D eigenvalue weighted by atomic mass is 35.5. The van der Waals surface area contributed by atoms with Crippen LogP contribution in [0.5, 0.6) is 0 Å². The smallest absolute Gasteiger partial charge is 0.251 e. The summed E-state index contributed by atoms with van der Waals surface area (Å²) in [5.74, 6) is 1.08. The van der Waals surface area contributed by atoms with E-state index in [1.165, 1.54) is 5.56 Å². The number of hydrogen-bond donors (Lipinski definition) is 2. The lowest BCUT2D eigenvalue weighted by Crippen LogP contribution is -2.44. The SMILES string of the molecule is CC(C)C(NC(=O)c1ccc(C(C)(C)C)cc1)c1nc(C2CNCCN2C)no1.Cl. The number of rotatable bonds is 5. The number of nitrogens with zero attached hydrogens (tertiary/aromatic N) is 3. The van der Waals surface area contributed by atoms with Crippen LogP contribution in [0.25, 0.3) is 0 Å². The third-order valence-electron chi connectivity index (χ3n) is 5.50. The van der Waals surface area contributed by atoms with Crippen LogP contribution in [0.3, 0.4) is 0 Å². The molecule has 2 N–H and O–H groups in total. The van der Waals surface area contributed by atoms with Gasteiger partial charge in [0.05, 0.1) is 6.04 Å². The summed E-state index contributed by atoms with van der Waals surface area (Å²) in [5.41, 5.74) is 1.87. The summed E-state index contributed by atoms with van der Waals surface area (Å²) >= 11 is 0. The summed E-state index contributed by atoms with van der Waals surface area (Å²) in [4.78, 5) is 19.7. The van der Waals surface area contributed by atoms with Crippen molar-refractivity contribution >= 4 is 18.3 Å². The number of carbonyl (C=O) groups excluding carboxylic acids is 1. The molecule has 8 heteroatoms. The number of benzene rings is 1. The Bertz CT molecular complexity index is 829. The van der Waals surface area contributed by atoms with Gasteiger partial charge < -0.3 is 15.2 Å². The first-order valence-corrected chi connectivity index (χ1v) is 10.3. The van der Waals surface area contributed by atoms with E-state index < -0.39 is 0 Å². The average Bonchev–Trinajstić information content (AvgIpc) is 3.15. The van der Waals surface area contributed by atoms with Crippen molar-refractivity contribution in [3.63, 3.8) is 0 Å². The largest absolute Gasteiger partial charge is 0.340 e. The maximum atomic E-state index is 12.8. The van der Waals surface area contributed by atoms with Crippen LogP contribution in [0.4, 0.5) is 0 Å². The van der Waals surface area contributed by atoms with Gasteiger partial charge in [-0.1, -0.05) is 51.9 Å². The molecule has 0 aliphatic carbocycles. The lowest BCUT2D eigenvalue weighted by atomic mass is 9.86. The third-order valence-corrected chi connectivity index (χ3v) is 5.50. The molecule has 2 unspecified atom stereocenters. The van der Waals surface area contributed by atoms with Gasteiger partial charge in [0, 0.05) is 25.2 Å². The quantitative estimate of drug-likeness (QED) is 0.747. The number of likely N-dealkylation sites (N-methyl/N-ethyl adjacent to an activating group) is 1. The van der Waals surface area contributed by atoms with Crippen LogP contribution in [0.2, 0.25) is 0 Å². The van der Waals surface area contributed by atoms with Gasteiger partial charge in [0.2, 0.25) is 5.89 Å². The first-order valence-electron chi connectivity index (χ1n) is 10.3. The fourth-order valence-electron chi connectivity index (χ4n) is 3.46. The standard InChI is InChI=1S/C22H33N5O2.ClH/c1-14(2)18(21-25-19(26-29-21)17-13-23-11-12-27(17)6)24-20(28)15-7-9-16(10-8-15)22(3,4)5;/h7-10,14,17-18,23H,11-13H2,1-6H3,(H,24,28);1H. The van der Waals surface area contributed by atoms with Gasteiger partial charge in [-0.3, -0.25) is 9.69 Å². The Balaban J connectivity index is 0.00000320. The van der Waals surface area contributed by atoms with Crippen molar-refractivity contribution in [2.24, 2.45) is 5.92 Å². The zero-order valence-corrected chi connectivity index (χ0v) is 19.5. The molecule has 7 nitrogen and oxygen atoms in total. The second-order valence-corrected chi connectivity index (χ2v) is 9.21. The van der Waals surface area contributed by atoms with Gasteiger partial charge in [-0.2, -0.15) is 4.98 Å². The molecule has 166 valence electrons. The van der Waals surface area contributed by atoms with Crippen molar-refractivity contribution in [2.75, 3.05) is 26.7 Å². The highest BCUT2D eigenvalue weighted by Crippen LogP contribution is 2.25. The summed E-state index contributed by atoms with van der Waals surface area (Å²) in [5, 5.41) is 10.6. The van der Waals surface area contributed by atoms with Gasteiger partial charge in [-0.25, -0.2) is 0 Å². The number of halogens is 1. The van der Waals surface area contributed by atoms with Crippen LogP contribution in [0.15, 0.2) is 28.8 Å². The molecule has 3 rings (SSSR count). The summed E-state index contributed by atoms with van der Waals surface area (Å²) < 4.78 is 5.56. The Kier molecular flexibility index (Phi) is 8.02. The van der Waals surface area contributed by atoms with E-state index in [1.807, 2.05) is 38.1 Å². The van der Waals surface area contributed by atoms with E-state index in [9.17, 15) is 4.79 Å². The predicted octanol–water partition coefficient (Wildman–Crippen LogP) is 3.49. The van der Waals surface area contributed by atoms with E-state index in [2.05, 4.69) is 53.5 Å². The van der Waals surface area contributed by atoms with Gasteiger partial charge >= 0.3 is 0 Å². The number of hydrogen-bond acceptors (Lipinski definition) is 6. The summed E-state index contributed by atoms with van der Waals surface area (Å²) in [7, 11) is 2.06. The Hall–Kier alpha value is -1.96. The molecule has 1 aliphatic heterocycles. The fourth-order valence-corrected chi connectivity index (χ4v) is 3.46. The molecule has 2 heterocycles. The molecule has 0 spiro atoms. The zero-order valence-electron chi connectivity index (χ0n) is 18.7. The minimum Gasteiger partial charge on any atom is -0.340 e. The molecular weight excluding hydrogens is 402 g/mol. The molecule has 1 amide bonds. The lowest BCUT2D eigenvalue weighted by molar-refractivity contribution is 0.0914. The molecule has 1 aromatic heterocycles. The van der Waals surface area contributed by atoms with Crippen molar-refractivity contribution < 1.29 is 9.32 Å². The molecule has 1 aromatic carbocycles. The molecule has 0 radical (unpaired) electrons. The molecule has 2 atom stereocenters. The van der Waals surface area contributed by atoms with E-state index >= 15 is 0 Å². The van der Waals surface area contributed by atoms with Crippen LogP contribution in [-0.2, 0) is 5.41 Å². The summed E-state index contributed by atoms with van der Waals surface area (Å²) in [6.45, 7) is 13.2. The maximum absolute atomic E-state index is 12.8. The van der Waals surface area contributed by atoms with Gasteiger partial charge in [-0.15, -0.1) is 12.4 Å². The Labute approximate surface area is 185 Å². The second kappa shape index (κ2) is 9.90. The number of amides is 1. The number of piperazine rings is 1. The molecule has 30 heavy (non-hydrogen) atoms. The summed E-state index contributed by atoms with van der Waals surface area (Å²) in [6.07, 6.45) is 0. The molecule has 1 aliphatic rings. The molecule has 0 bridgehead atoms. The van der Waals surface area contributed by atoms with Crippen molar-refractivity contribution in [2.45, 2.75) is 52.1 Å². The van der Waals surface area contributed by atoms with E-state index in [4.69, 9.17) is 4.52 Å². The second-order valence-electron chi connectivity index (χ2n) is 9.21. The van der Waals surface area contributed by atoms with Crippen LogP contribution in [0, 0.1) is 5.92 Å². The van der Waals surface area contributed by atoms with E-state index in [-0.39, 0.29) is 41.7 Å².